The molecular weight excluding hydrogens is 464 g/mol. The Kier molecular flexibility index (Phi) is 7.10. The summed E-state index contributed by atoms with van der Waals surface area (Å²) in [5.74, 6) is -1.37. The van der Waals surface area contributed by atoms with E-state index < -0.39 is 23.8 Å². The molecule has 0 aromatic heterocycles. The van der Waals surface area contributed by atoms with Crippen molar-refractivity contribution in [3.8, 4) is 11.5 Å². The van der Waals surface area contributed by atoms with E-state index in [1.807, 2.05) is 6.92 Å². The Morgan fingerprint density at radius 3 is 2.11 bits per heavy atom. The number of barbiturate groups is 1. The summed E-state index contributed by atoms with van der Waals surface area (Å²) in [5, 5.41) is 11.2. The molecule has 3 aromatic carbocycles. The van der Waals surface area contributed by atoms with Crippen molar-refractivity contribution in [1.82, 2.24) is 5.32 Å². The zero-order valence-corrected chi connectivity index (χ0v) is 19.3. The highest BCUT2D eigenvalue weighted by molar-refractivity contribution is 6.39. The second-order valence-electron chi connectivity index (χ2n) is 7.74. The molecule has 0 atom stereocenters. The summed E-state index contributed by atoms with van der Waals surface area (Å²) < 4.78 is 11.1. The maximum atomic E-state index is 13.0. The number of aromatic carboxylic acids is 1. The Bertz CT molecular complexity index is 1330. The molecule has 1 aliphatic heterocycles. The molecule has 1 aliphatic rings. The molecule has 1 heterocycles. The van der Waals surface area contributed by atoms with Gasteiger partial charge in [-0.25, -0.2) is 14.5 Å². The number of amides is 4. The van der Waals surface area contributed by atoms with Gasteiger partial charge >= 0.3 is 12.0 Å². The monoisotopic (exact) mass is 486 g/mol. The molecule has 3 aromatic rings. The lowest BCUT2D eigenvalue weighted by Crippen LogP contribution is -2.54. The average molecular weight is 486 g/mol. The lowest BCUT2D eigenvalue weighted by molar-refractivity contribution is -0.122. The molecule has 0 unspecified atom stereocenters. The van der Waals surface area contributed by atoms with Crippen LogP contribution in [0.15, 0.2) is 78.4 Å². The molecule has 36 heavy (non-hydrogen) atoms. The van der Waals surface area contributed by atoms with Crippen molar-refractivity contribution in [3.63, 3.8) is 0 Å². The largest absolute Gasteiger partial charge is 0.494 e. The van der Waals surface area contributed by atoms with Crippen LogP contribution in [-0.4, -0.2) is 35.5 Å². The van der Waals surface area contributed by atoms with Gasteiger partial charge in [0, 0.05) is 0 Å². The van der Waals surface area contributed by atoms with E-state index in [0.717, 1.165) is 10.5 Å². The number of carbonyl (C=O) groups excluding carboxylic acids is 3. The minimum absolute atomic E-state index is 0.185. The Balaban J connectivity index is 1.46. The smallest absolute Gasteiger partial charge is 0.335 e. The number of carbonyl (C=O) groups is 4. The van der Waals surface area contributed by atoms with Crippen LogP contribution < -0.4 is 19.7 Å². The highest BCUT2D eigenvalue weighted by atomic mass is 16.5. The van der Waals surface area contributed by atoms with E-state index in [0.29, 0.717) is 29.4 Å². The zero-order valence-electron chi connectivity index (χ0n) is 19.3. The lowest BCUT2D eigenvalue weighted by atomic mass is 10.1. The molecule has 9 nitrogen and oxygen atoms in total. The number of urea groups is 1. The molecule has 0 spiro atoms. The number of ether oxygens (including phenoxy) is 2. The van der Waals surface area contributed by atoms with E-state index in [-0.39, 0.29) is 17.7 Å². The third-order valence-corrected chi connectivity index (χ3v) is 5.31. The predicted octanol–water partition coefficient (Wildman–Crippen LogP) is 4.03. The molecule has 182 valence electrons. The second kappa shape index (κ2) is 10.6. The minimum Gasteiger partial charge on any atom is -0.494 e. The van der Waals surface area contributed by atoms with Crippen LogP contribution in [0.25, 0.3) is 6.08 Å². The van der Waals surface area contributed by atoms with E-state index in [2.05, 4.69) is 5.32 Å². The maximum Gasteiger partial charge on any atom is 0.335 e. The van der Waals surface area contributed by atoms with E-state index in [1.165, 1.54) is 18.2 Å². The molecule has 2 N–H and O–H groups in total. The van der Waals surface area contributed by atoms with Gasteiger partial charge in [0.05, 0.1) is 17.9 Å². The van der Waals surface area contributed by atoms with Gasteiger partial charge in [-0.05, 0) is 72.7 Å². The highest BCUT2D eigenvalue weighted by Gasteiger charge is 2.36. The molecule has 0 radical (unpaired) electrons. The summed E-state index contributed by atoms with van der Waals surface area (Å²) in [6.45, 7) is 2.56. The van der Waals surface area contributed by atoms with Crippen LogP contribution >= 0.6 is 0 Å². The quantitative estimate of drug-likeness (QED) is 0.364. The fourth-order valence-electron chi connectivity index (χ4n) is 3.49. The standard InChI is InChI=1S/C27H22N2O7/c1-2-35-21-13-9-20(10-14-21)29-25(31)23(24(30)28-27(29)34)15-17-5-11-22(12-6-17)36-16-18-3-7-19(8-4-18)26(32)33/h3-15H,2,16H2,1H3,(H,32,33)(H,28,30,34). The zero-order chi connectivity index (χ0) is 25.7. The number of carboxylic acids is 1. The van der Waals surface area contributed by atoms with E-state index in [9.17, 15) is 19.2 Å². The van der Waals surface area contributed by atoms with Gasteiger partial charge in [0.25, 0.3) is 11.8 Å². The topological polar surface area (TPSA) is 122 Å². The SMILES string of the molecule is CCOc1ccc(N2C(=O)NC(=O)C(=Cc3ccc(OCc4ccc(C(=O)O)cc4)cc3)C2=O)cc1. The lowest BCUT2D eigenvalue weighted by Gasteiger charge is -2.26. The third kappa shape index (κ3) is 5.41. The van der Waals surface area contributed by atoms with E-state index in [4.69, 9.17) is 14.6 Å². The maximum absolute atomic E-state index is 13.0. The first-order chi connectivity index (χ1) is 17.4. The van der Waals surface area contributed by atoms with Crippen LogP contribution in [-0.2, 0) is 16.2 Å². The number of nitrogens with one attached hydrogen (secondary N) is 1. The molecule has 0 saturated carbocycles. The van der Waals surface area contributed by atoms with Crippen LogP contribution in [0, 0.1) is 0 Å². The molecular formula is C27H22N2O7. The Hall–Kier alpha value is -4.92. The second-order valence-corrected chi connectivity index (χ2v) is 7.74. The van der Waals surface area contributed by atoms with Crippen LogP contribution in [0.2, 0.25) is 0 Å². The summed E-state index contributed by atoms with van der Waals surface area (Å²) in [4.78, 5) is 49.7. The fourth-order valence-corrected chi connectivity index (χ4v) is 3.49. The first-order valence-corrected chi connectivity index (χ1v) is 11.0. The average Bonchev–Trinajstić information content (AvgIpc) is 2.87. The van der Waals surface area contributed by atoms with Crippen LogP contribution in [0.3, 0.4) is 0 Å². The number of nitrogens with zero attached hydrogens (tertiary/aromatic N) is 1. The predicted molar refractivity (Wildman–Crippen MR) is 131 cm³/mol. The molecule has 0 aliphatic carbocycles. The minimum atomic E-state index is -0.996. The first-order valence-electron chi connectivity index (χ1n) is 11.0. The normalized spacial score (nSPS) is 14.5. The van der Waals surface area contributed by atoms with Gasteiger partial charge in [-0.1, -0.05) is 24.3 Å². The highest BCUT2D eigenvalue weighted by Crippen LogP contribution is 2.25. The molecule has 4 rings (SSSR count). The third-order valence-electron chi connectivity index (χ3n) is 5.31. The first kappa shape index (κ1) is 24.2. The van der Waals surface area contributed by atoms with Crippen LogP contribution in [0.1, 0.15) is 28.4 Å². The summed E-state index contributed by atoms with van der Waals surface area (Å²) >= 11 is 0. The van der Waals surface area contributed by atoms with Crippen molar-refractivity contribution in [1.29, 1.82) is 0 Å². The van der Waals surface area contributed by atoms with Crippen LogP contribution in [0.5, 0.6) is 11.5 Å². The number of hydrogen-bond donors (Lipinski definition) is 2. The molecule has 1 saturated heterocycles. The Morgan fingerprint density at radius 2 is 1.50 bits per heavy atom. The Morgan fingerprint density at radius 1 is 0.889 bits per heavy atom. The van der Waals surface area contributed by atoms with Gasteiger partial charge in [0.15, 0.2) is 0 Å². The number of anilines is 1. The summed E-state index contributed by atoms with van der Waals surface area (Å²) in [5.41, 5.74) is 1.68. The van der Waals surface area contributed by atoms with Crippen LogP contribution in [0.4, 0.5) is 10.5 Å². The van der Waals surface area contributed by atoms with Crippen molar-refractivity contribution in [3.05, 3.63) is 95.1 Å². The van der Waals surface area contributed by atoms with E-state index >= 15 is 0 Å². The van der Waals surface area contributed by atoms with Crippen molar-refractivity contribution in [2.45, 2.75) is 13.5 Å². The molecule has 0 bridgehead atoms. The summed E-state index contributed by atoms with van der Waals surface area (Å²) in [7, 11) is 0. The van der Waals surface area contributed by atoms with Gasteiger partial charge < -0.3 is 14.6 Å². The van der Waals surface area contributed by atoms with Gasteiger partial charge in [-0.15, -0.1) is 0 Å². The molecule has 1 fully saturated rings. The Labute approximate surface area is 206 Å². The van der Waals surface area contributed by atoms with Crippen molar-refractivity contribution < 1.29 is 33.8 Å². The summed E-state index contributed by atoms with van der Waals surface area (Å²) in [6, 6.07) is 18.6. The number of benzene rings is 3. The van der Waals surface area contributed by atoms with E-state index in [1.54, 1.807) is 60.7 Å². The number of rotatable bonds is 8. The summed E-state index contributed by atoms with van der Waals surface area (Å²) in [6.07, 6.45) is 1.40. The van der Waals surface area contributed by atoms with Crippen molar-refractivity contribution in [2.75, 3.05) is 11.5 Å². The molecule has 4 amide bonds. The van der Waals surface area contributed by atoms with Crippen molar-refractivity contribution >= 4 is 35.6 Å². The van der Waals surface area contributed by atoms with Gasteiger partial charge in [0.2, 0.25) is 0 Å². The number of carboxylic acid groups (broad SMARTS) is 1. The number of imide groups is 2. The van der Waals surface area contributed by atoms with Gasteiger partial charge in [-0.2, -0.15) is 0 Å². The van der Waals surface area contributed by atoms with Crippen molar-refractivity contribution in [2.24, 2.45) is 0 Å². The van der Waals surface area contributed by atoms with Gasteiger partial charge in [0.1, 0.15) is 23.7 Å². The molecule has 9 heteroatoms. The number of hydrogen-bond acceptors (Lipinski definition) is 6. The van der Waals surface area contributed by atoms with Gasteiger partial charge in [-0.3, -0.25) is 14.9 Å². The fraction of sp³-hybridized carbons (Fsp3) is 0.111.